The van der Waals surface area contributed by atoms with Gasteiger partial charge in [-0.05, 0) is 18.4 Å². The average molecular weight is 282 g/mol. The van der Waals surface area contributed by atoms with Gasteiger partial charge in [0.1, 0.15) is 0 Å². The molecule has 0 aromatic heterocycles. The van der Waals surface area contributed by atoms with Crippen LogP contribution in [0.5, 0.6) is 0 Å². The second-order valence-corrected chi connectivity index (χ2v) is 5.00. The zero-order valence-corrected chi connectivity index (χ0v) is 10.8. The van der Waals surface area contributed by atoms with Crippen LogP contribution in [0.15, 0.2) is 30.3 Å². The van der Waals surface area contributed by atoms with E-state index in [1.165, 1.54) is 5.56 Å². The fourth-order valence-corrected chi connectivity index (χ4v) is 2.19. The van der Waals surface area contributed by atoms with Gasteiger partial charge in [0.15, 0.2) is 0 Å². The van der Waals surface area contributed by atoms with E-state index < -0.39 is 0 Å². The highest BCUT2D eigenvalue weighted by atomic mass is 79.9. The first-order chi connectivity index (χ1) is 7.81. The summed E-state index contributed by atoms with van der Waals surface area (Å²) in [5.41, 5.74) is 1.21. The molecule has 3 heteroatoms. The summed E-state index contributed by atoms with van der Waals surface area (Å²) in [5, 5.41) is 0.846. The van der Waals surface area contributed by atoms with Crippen molar-refractivity contribution in [1.29, 1.82) is 0 Å². The molecule has 2 rings (SSSR count). The molecule has 1 aliphatic rings. The molecule has 0 unspecified atom stereocenters. The zero-order valence-electron chi connectivity index (χ0n) is 9.23. The van der Waals surface area contributed by atoms with E-state index in [0.717, 1.165) is 31.3 Å². The molecule has 0 atom stereocenters. The molecule has 1 aliphatic carbocycles. The fourth-order valence-electron chi connectivity index (χ4n) is 1.76. The molecule has 0 spiro atoms. The van der Waals surface area contributed by atoms with Crippen LogP contribution in [-0.4, -0.2) is 22.7 Å². The number of rotatable bonds is 5. The van der Waals surface area contributed by atoms with Crippen LogP contribution >= 0.6 is 15.9 Å². The van der Waals surface area contributed by atoms with Gasteiger partial charge < -0.3 is 4.90 Å². The standard InChI is InChI=1S/C13H16BrNO/c14-8-9-15(13(16)12-6-7-12)10-11-4-2-1-3-5-11/h1-5,12H,6-10H2. The molecule has 16 heavy (non-hydrogen) atoms. The molecule has 2 nitrogen and oxygen atoms in total. The number of carbonyl (C=O) groups excluding carboxylic acids is 1. The van der Waals surface area contributed by atoms with Crippen LogP contribution in [0, 0.1) is 5.92 Å². The molecule has 0 saturated heterocycles. The van der Waals surface area contributed by atoms with Crippen LogP contribution in [0.25, 0.3) is 0 Å². The van der Waals surface area contributed by atoms with E-state index >= 15 is 0 Å². The number of benzene rings is 1. The maximum absolute atomic E-state index is 12.0. The Kier molecular flexibility index (Phi) is 3.99. The number of hydrogen-bond donors (Lipinski definition) is 0. The molecule has 0 bridgehead atoms. The van der Waals surface area contributed by atoms with Crippen molar-refractivity contribution < 1.29 is 4.79 Å². The van der Waals surface area contributed by atoms with E-state index in [2.05, 4.69) is 28.1 Å². The predicted octanol–water partition coefficient (Wildman–Crippen LogP) is 2.82. The van der Waals surface area contributed by atoms with Gasteiger partial charge in [-0.3, -0.25) is 4.79 Å². The van der Waals surface area contributed by atoms with Gasteiger partial charge in [0.25, 0.3) is 0 Å². The summed E-state index contributed by atoms with van der Waals surface area (Å²) in [6.45, 7) is 1.53. The first kappa shape index (κ1) is 11.6. The number of amides is 1. The molecule has 1 fully saturated rings. The van der Waals surface area contributed by atoms with E-state index in [0.29, 0.717) is 11.8 Å². The maximum Gasteiger partial charge on any atom is 0.226 e. The van der Waals surface area contributed by atoms with E-state index in [1.54, 1.807) is 0 Å². The van der Waals surface area contributed by atoms with Gasteiger partial charge in [0.05, 0.1) is 0 Å². The van der Waals surface area contributed by atoms with Crippen LogP contribution in [-0.2, 0) is 11.3 Å². The number of alkyl halides is 1. The largest absolute Gasteiger partial charge is 0.337 e. The SMILES string of the molecule is O=C(C1CC1)N(CCBr)Cc1ccccc1. The minimum Gasteiger partial charge on any atom is -0.337 e. The smallest absolute Gasteiger partial charge is 0.226 e. The summed E-state index contributed by atoms with van der Waals surface area (Å²) in [6.07, 6.45) is 2.15. The Morgan fingerprint density at radius 3 is 2.56 bits per heavy atom. The van der Waals surface area contributed by atoms with Crippen molar-refractivity contribution in [3.05, 3.63) is 35.9 Å². The van der Waals surface area contributed by atoms with Crippen molar-refractivity contribution >= 4 is 21.8 Å². The molecule has 0 radical (unpaired) electrons. The second-order valence-electron chi connectivity index (χ2n) is 4.21. The number of nitrogens with zero attached hydrogens (tertiary/aromatic N) is 1. The average Bonchev–Trinajstić information content (AvgIpc) is 3.13. The van der Waals surface area contributed by atoms with Crippen molar-refractivity contribution in [2.24, 2.45) is 5.92 Å². The quantitative estimate of drug-likeness (QED) is 0.760. The minimum absolute atomic E-state index is 0.308. The maximum atomic E-state index is 12.0. The van der Waals surface area contributed by atoms with Crippen LogP contribution in [0.1, 0.15) is 18.4 Å². The molecule has 1 amide bonds. The summed E-state index contributed by atoms with van der Waals surface area (Å²) in [6, 6.07) is 10.2. The van der Waals surface area contributed by atoms with Gasteiger partial charge in [-0.25, -0.2) is 0 Å². The fraction of sp³-hybridized carbons (Fsp3) is 0.462. The lowest BCUT2D eigenvalue weighted by molar-refractivity contribution is -0.132. The molecular formula is C13H16BrNO. The van der Waals surface area contributed by atoms with E-state index in [-0.39, 0.29) is 0 Å². The molecule has 1 saturated carbocycles. The Hall–Kier alpha value is -0.830. The Labute approximate surface area is 105 Å². The molecule has 0 N–H and O–H groups in total. The monoisotopic (exact) mass is 281 g/mol. The first-order valence-corrected chi connectivity index (χ1v) is 6.82. The molecule has 0 aliphatic heterocycles. The highest BCUT2D eigenvalue weighted by Gasteiger charge is 2.33. The van der Waals surface area contributed by atoms with Crippen LogP contribution in [0.2, 0.25) is 0 Å². The Morgan fingerprint density at radius 1 is 1.31 bits per heavy atom. The normalized spacial score (nSPS) is 14.8. The summed E-state index contributed by atoms with van der Waals surface area (Å²) < 4.78 is 0. The van der Waals surface area contributed by atoms with Gasteiger partial charge in [0.2, 0.25) is 5.91 Å². The molecule has 1 aromatic carbocycles. The van der Waals surface area contributed by atoms with Gasteiger partial charge in [-0.1, -0.05) is 46.3 Å². The third-order valence-corrected chi connectivity index (χ3v) is 3.16. The lowest BCUT2D eigenvalue weighted by Gasteiger charge is -2.21. The lowest BCUT2D eigenvalue weighted by atomic mass is 10.2. The molecular weight excluding hydrogens is 266 g/mol. The minimum atomic E-state index is 0.308. The van der Waals surface area contributed by atoms with E-state index in [1.807, 2.05) is 23.1 Å². The van der Waals surface area contributed by atoms with Crippen molar-refractivity contribution in [2.75, 3.05) is 11.9 Å². The lowest BCUT2D eigenvalue weighted by Crippen LogP contribution is -2.33. The second kappa shape index (κ2) is 5.48. The highest BCUT2D eigenvalue weighted by molar-refractivity contribution is 9.09. The van der Waals surface area contributed by atoms with Crippen LogP contribution in [0.4, 0.5) is 0 Å². The highest BCUT2D eigenvalue weighted by Crippen LogP contribution is 2.31. The van der Waals surface area contributed by atoms with Gasteiger partial charge in [-0.15, -0.1) is 0 Å². The predicted molar refractivity (Wildman–Crippen MR) is 68.4 cm³/mol. The summed E-state index contributed by atoms with van der Waals surface area (Å²) >= 11 is 3.41. The van der Waals surface area contributed by atoms with E-state index in [9.17, 15) is 4.79 Å². The third kappa shape index (κ3) is 3.08. The third-order valence-electron chi connectivity index (χ3n) is 2.81. The topological polar surface area (TPSA) is 20.3 Å². The van der Waals surface area contributed by atoms with Gasteiger partial charge >= 0.3 is 0 Å². The van der Waals surface area contributed by atoms with Crippen molar-refractivity contribution in [2.45, 2.75) is 19.4 Å². The van der Waals surface area contributed by atoms with Crippen LogP contribution < -0.4 is 0 Å². The van der Waals surface area contributed by atoms with E-state index in [4.69, 9.17) is 0 Å². The molecule has 86 valence electrons. The number of halogens is 1. The summed E-state index contributed by atoms with van der Waals surface area (Å²) in [7, 11) is 0. The van der Waals surface area contributed by atoms with Gasteiger partial charge in [0, 0.05) is 24.3 Å². The number of carbonyl (C=O) groups is 1. The Morgan fingerprint density at radius 2 is 2.00 bits per heavy atom. The Bertz CT molecular complexity index is 348. The summed E-state index contributed by atoms with van der Waals surface area (Å²) in [5.74, 6) is 0.631. The Balaban J connectivity index is 1.99. The van der Waals surface area contributed by atoms with Crippen LogP contribution in [0.3, 0.4) is 0 Å². The van der Waals surface area contributed by atoms with Crippen molar-refractivity contribution in [3.8, 4) is 0 Å². The van der Waals surface area contributed by atoms with Crippen molar-refractivity contribution in [1.82, 2.24) is 4.90 Å². The van der Waals surface area contributed by atoms with Crippen molar-refractivity contribution in [3.63, 3.8) is 0 Å². The molecule has 0 heterocycles. The van der Waals surface area contributed by atoms with Gasteiger partial charge in [-0.2, -0.15) is 0 Å². The first-order valence-electron chi connectivity index (χ1n) is 5.70. The molecule has 1 aromatic rings. The zero-order chi connectivity index (χ0) is 11.4. The number of hydrogen-bond acceptors (Lipinski definition) is 1. The summed E-state index contributed by atoms with van der Waals surface area (Å²) in [4.78, 5) is 14.0.